The lowest BCUT2D eigenvalue weighted by molar-refractivity contribution is 0.223. The number of benzene rings is 3. The maximum absolute atomic E-state index is 9.65. The predicted molar refractivity (Wildman–Crippen MR) is 134 cm³/mol. The molecule has 33 heavy (non-hydrogen) atoms. The second kappa shape index (κ2) is 9.30. The van der Waals surface area contributed by atoms with Crippen LogP contribution in [0, 0.1) is 0 Å². The number of aliphatic hydroxyl groups excluding tert-OH is 1. The molecule has 1 N–H and O–H groups in total. The molecule has 0 fully saturated rings. The number of nitrogens with zero attached hydrogens (tertiary/aromatic N) is 2. The highest BCUT2D eigenvalue weighted by atomic mass is 16.5. The molecule has 0 atom stereocenters. The summed E-state index contributed by atoms with van der Waals surface area (Å²) in [5, 5.41) is 11.8. The number of aromatic nitrogens is 1. The van der Waals surface area contributed by atoms with Crippen LogP contribution in [0.3, 0.4) is 0 Å². The van der Waals surface area contributed by atoms with Gasteiger partial charge in [0.1, 0.15) is 17.9 Å². The molecule has 5 heteroatoms. The van der Waals surface area contributed by atoms with Crippen molar-refractivity contribution in [2.24, 2.45) is 0 Å². The molecule has 170 valence electrons. The molecule has 0 amide bonds. The summed E-state index contributed by atoms with van der Waals surface area (Å²) in [5.74, 6) is 0.898. The minimum atomic E-state index is 0.0125. The summed E-state index contributed by atoms with van der Waals surface area (Å²) < 4.78 is 14.5. The molecule has 0 bridgehead atoms. The topological polar surface area (TPSA) is 50.8 Å². The molecule has 2 heterocycles. The molecule has 0 unspecified atom stereocenters. The number of furan rings is 1. The van der Waals surface area contributed by atoms with Crippen LogP contribution in [0.5, 0.6) is 5.75 Å². The van der Waals surface area contributed by atoms with E-state index < -0.39 is 0 Å². The second-order valence-corrected chi connectivity index (χ2v) is 8.39. The van der Waals surface area contributed by atoms with E-state index in [1.54, 1.807) is 0 Å². The maximum atomic E-state index is 9.65. The number of hydrogen-bond donors (Lipinski definition) is 1. The van der Waals surface area contributed by atoms with Gasteiger partial charge in [0, 0.05) is 23.9 Å². The lowest BCUT2D eigenvalue weighted by Crippen LogP contribution is -2.27. The fourth-order valence-electron chi connectivity index (χ4n) is 4.57. The number of ether oxygens (including phenoxy) is 1. The minimum absolute atomic E-state index is 0.0125. The van der Waals surface area contributed by atoms with Crippen LogP contribution in [0.15, 0.2) is 71.1 Å². The summed E-state index contributed by atoms with van der Waals surface area (Å²) in [6.45, 7) is 8.80. The minimum Gasteiger partial charge on any atom is -0.492 e. The molecular formula is C28H30N2O3. The Kier molecular flexibility index (Phi) is 6.07. The molecule has 0 aliphatic heterocycles. The molecule has 5 aromatic rings. The summed E-state index contributed by atoms with van der Waals surface area (Å²) >= 11 is 0. The van der Waals surface area contributed by atoms with Crippen molar-refractivity contribution in [1.29, 1.82) is 0 Å². The van der Waals surface area contributed by atoms with Crippen LogP contribution in [0.2, 0.25) is 0 Å². The van der Waals surface area contributed by atoms with E-state index in [1.807, 2.05) is 30.3 Å². The normalized spacial score (nSPS) is 11.9. The molecule has 5 rings (SSSR count). The SMILES string of the molecule is CCN(CC)CCOc1ccc(Cn2c3ccc(CO)cc3c3oc4ccccc4c32)cc1. The zero-order chi connectivity index (χ0) is 22.8. The molecular weight excluding hydrogens is 412 g/mol. The van der Waals surface area contributed by atoms with Gasteiger partial charge < -0.3 is 23.7 Å². The third kappa shape index (κ3) is 4.10. The summed E-state index contributed by atoms with van der Waals surface area (Å²) in [7, 11) is 0. The van der Waals surface area contributed by atoms with E-state index in [0.29, 0.717) is 6.61 Å². The highest BCUT2D eigenvalue weighted by molar-refractivity contribution is 6.15. The van der Waals surface area contributed by atoms with Crippen LogP contribution in [0.25, 0.3) is 33.0 Å². The molecule has 0 spiro atoms. The standard InChI is InChI=1S/C28H30N2O3/c1-3-29(4-2)15-16-32-22-12-9-20(10-13-22)18-30-25-14-11-21(19-31)17-24(25)28-27(30)23-7-5-6-8-26(23)33-28/h5-14,17,31H,3-4,15-16,18-19H2,1-2H3. The van der Waals surface area contributed by atoms with Crippen molar-refractivity contribution < 1.29 is 14.3 Å². The van der Waals surface area contributed by atoms with E-state index in [-0.39, 0.29) is 6.61 Å². The largest absolute Gasteiger partial charge is 0.492 e. The number of aliphatic hydroxyl groups is 1. The van der Waals surface area contributed by atoms with Gasteiger partial charge in [0.2, 0.25) is 0 Å². The number of rotatable bonds is 9. The lowest BCUT2D eigenvalue weighted by atomic mass is 10.1. The van der Waals surface area contributed by atoms with Crippen molar-refractivity contribution in [2.45, 2.75) is 27.0 Å². The fraction of sp³-hybridized carbons (Fsp3) is 0.286. The van der Waals surface area contributed by atoms with Crippen molar-refractivity contribution >= 4 is 33.0 Å². The first kappa shape index (κ1) is 21.6. The Balaban J connectivity index is 1.47. The highest BCUT2D eigenvalue weighted by Gasteiger charge is 2.18. The van der Waals surface area contributed by atoms with Gasteiger partial charge in [-0.05, 0) is 60.6 Å². The zero-order valence-corrected chi connectivity index (χ0v) is 19.3. The first-order valence-electron chi connectivity index (χ1n) is 11.7. The van der Waals surface area contributed by atoms with Gasteiger partial charge in [-0.1, -0.05) is 44.2 Å². The summed E-state index contributed by atoms with van der Waals surface area (Å²) in [5.41, 5.74) is 6.03. The number of likely N-dealkylation sites (N-methyl/N-ethyl adjacent to an activating group) is 1. The molecule has 3 aromatic carbocycles. The Labute approximate surface area is 193 Å². The van der Waals surface area contributed by atoms with Gasteiger partial charge in [-0.2, -0.15) is 0 Å². The molecule has 0 aliphatic carbocycles. The van der Waals surface area contributed by atoms with Crippen LogP contribution in [-0.2, 0) is 13.2 Å². The Bertz CT molecular complexity index is 1380. The van der Waals surface area contributed by atoms with Gasteiger partial charge in [0.25, 0.3) is 0 Å². The van der Waals surface area contributed by atoms with Crippen LogP contribution in [0.4, 0.5) is 0 Å². The average Bonchev–Trinajstić information content (AvgIpc) is 3.38. The molecule has 0 radical (unpaired) electrons. The van der Waals surface area contributed by atoms with Gasteiger partial charge in [0.15, 0.2) is 5.58 Å². The summed E-state index contributed by atoms with van der Waals surface area (Å²) in [6.07, 6.45) is 0. The Hall–Kier alpha value is -3.28. The monoisotopic (exact) mass is 442 g/mol. The van der Waals surface area contributed by atoms with E-state index in [2.05, 4.69) is 59.7 Å². The van der Waals surface area contributed by atoms with Crippen molar-refractivity contribution in [1.82, 2.24) is 9.47 Å². The number of hydrogen-bond acceptors (Lipinski definition) is 4. The third-order valence-corrected chi connectivity index (χ3v) is 6.45. The van der Waals surface area contributed by atoms with Crippen molar-refractivity contribution in [3.8, 4) is 5.75 Å². The van der Waals surface area contributed by atoms with Crippen molar-refractivity contribution in [3.05, 3.63) is 77.9 Å². The van der Waals surface area contributed by atoms with Gasteiger partial charge in [-0.25, -0.2) is 0 Å². The Morgan fingerprint density at radius 3 is 2.42 bits per heavy atom. The van der Waals surface area contributed by atoms with E-state index >= 15 is 0 Å². The highest BCUT2D eigenvalue weighted by Crippen LogP contribution is 2.37. The number of fused-ring (bicyclic) bond motifs is 5. The van der Waals surface area contributed by atoms with E-state index in [4.69, 9.17) is 9.15 Å². The van der Waals surface area contributed by atoms with Crippen LogP contribution in [-0.4, -0.2) is 40.8 Å². The lowest BCUT2D eigenvalue weighted by Gasteiger charge is -2.18. The molecule has 0 saturated carbocycles. The quantitative estimate of drug-likeness (QED) is 0.313. The first-order valence-corrected chi connectivity index (χ1v) is 11.7. The Morgan fingerprint density at radius 2 is 1.67 bits per heavy atom. The van der Waals surface area contributed by atoms with Crippen LogP contribution >= 0.6 is 0 Å². The fourth-order valence-corrected chi connectivity index (χ4v) is 4.57. The molecule has 2 aromatic heterocycles. The van der Waals surface area contributed by atoms with Gasteiger partial charge in [-0.15, -0.1) is 0 Å². The van der Waals surface area contributed by atoms with Crippen LogP contribution in [0.1, 0.15) is 25.0 Å². The summed E-state index contributed by atoms with van der Waals surface area (Å²) in [4.78, 5) is 2.36. The van der Waals surface area contributed by atoms with Gasteiger partial charge >= 0.3 is 0 Å². The van der Waals surface area contributed by atoms with E-state index in [9.17, 15) is 5.11 Å². The average molecular weight is 443 g/mol. The van der Waals surface area contributed by atoms with Crippen molar-refractivity contribution in [2.75, 3.05) is 26.2 Å². The number of para-hydroxylation sites is 1. The smallest absolute Gasteiger partial charge is 0.161 e. The van der Waals surface area contributed by atoms with Gasteiger partial charge in [-0.3, -0.25) is 0 Å². The molecule has 0 saturated heterocycles. The third-order valence-electron chi connectivity index (χ3n) is 6.45. The second-order valence-electron chi connectivity index (χ2n) is 8.39. The van der Waals surface area contributed by atoms with E-state index in [0.717, 1.165) is 70.5 Å². The van der Waals surface area contributed by atoms with E-state index in [1.165, 1.54) is 5.56 Å². The summed E-state index contributed by atoms with van der Waals surface area (Å²) in [6, 6.07) is 22.6. The maximum Gasteiger partial charge on any atom is 0.161 e. The van der Waals surface area contributed by atoms with Crippen molar-refractivity contribution in [3.63, 3.8) is 0 Å². The molecule has 0 aliphatic rings. The first-order chi connectivity index (χ1) is 16.2. The predicted octanol–water partition coefficient (Wildman–Crippen LogP) is 5.80. The Morgan fingerprint density at radius 1 is 0.909 bits per heavy atom. The zero-order valence-electron chi connectivity index (χ0n) is 19.3. The molecule has 5 nitrogen and oxygen atoms in total. The van der Waals surface area contributed by atoms with Crippen LogP contribution < -0.4 is 4.74 Å². The van der Waals surface area contributed by atoms with Gasteiger partial charge in [0.05, 0.1) is 17.6 Å².